The number of aryl methyl sites for hydroxylation is 1. The molecule has 0 saturated carbocycles. The van der Waals surface area contributed by atoms with Gasteiger partial charge in [-0.05, 0) is 29.1 Å². The predicted octanol–water partition coefficient (Wildman–Crippen LogP) is 3.63. The number of aromatic nitrogens is 3. The Morgan fingerprint density at radius 2 is 1.93 bits per heavy atom. The summed E-state index contributed by atoms with van der Waals surface area (Å²) in [4.78, 5) is 12.0. The minimum Gasteiger partial charge on any atom is -0.506 e. The number of aliphatic hydroxyl groups excluding tert-OH is 1. The summed E-state index contributed by atoms with van der Waals surface area (Å²) in [5.74, 6) is -1.00. The number of rotatable bonds is 3. The minimum absolute atomic E-state index is 0.289. The third-order valence-electron chi connectivity index (χ3n) is 4.52. The maximum Gasteiger partial charge on any atom is 0.252 e. The molecule has 2 aromatic carbocycles. The molecule has 0 unspecified atom stereocenters. The summed E-state index contributed by atoms with van der Waals surface area (Å²) in [6.45, 7) is 3.35. The molecule has 0 aliphatic rings. The van der Waals surface area contributed by atoms with Gasteiger partial charge in [0.1, 0.15) is 5.76 Å². The van der Waals surface area contributed by atoms with Gasteiger partial charge in [-0.25, -0.2) is 4.68 Å². The highest BCUT2D eigenvalue weighted by atomic mass is 16.3. The Bertz CT molecular complexity index is 1250. The fourth-order valence-corrected chi connectivity index (χ4v) is 3.14. The lowest BCUT2D eigenvalue weighted by Gasteiger charge is -2.13. The van der Waals surface area contributed by atoms with Crippen LogP contribution < -0.4 is 5.43 Å². The molecule has 27 heavy (non-hydrogen) atoms. The molecule has 6 heteroatoms. The van der Waals surface area contributed by atoms with Crippen LogP contribution in [0.2, 0.25) is 0 Å². The molecule has 4 aromatic rings. The average Bonchev–Trinajstić information content (AvgIpc) is 3.04. The van der Waals surface area contributed by atoms with Crippen molar-refractivity contribution >= 4 is 16.7 Å². The first-order chi connectivity index (χ1) is 13.0. The number of aromatic hydroxyl groups is 1. The zero-order valence-electron chi connectivity index (χ0n) is 14.6. The van der Waals surface area contributed by atoms with Crippen molar-refractivity contribution in [3.63, 3.8) is 0 Å². The topological polar surface area (TPSA) is 80.3 Å². The Hall–Kier alpha value is -3.80. The second kappa shape index (κ2) is 6.17. The molecule has 0 radical (unpaired) electrons. The molecule has 0 spiro atoms. The van der Waals surface area contributed by atoms with Crippen molar-refractivity contribution in [2.24, 2.45) is 7.05 Å². The first kappa shape index (κ1) is 16.7. The average molecular weight is 359 g/mol. The summed E-state index contributed by atoms with van der Waals surface area (Å²) in [6, 6.07) is 15.7. The van der Waals surface area contributed by atoms with E-state index in [1.807, 2.05) is 60.3 Å². The van der Waals surface area contributed by atoms with Gasteiger partial charge in [0.15, 0.2) is 11.4 Å². The lowest BCUT2D eigenvalue weighted by Crippen LogP contribution is -2.16. The maximum absolute atomic E-state index is 12.0. The summed E-state index contributed by atoms with van der Waals surface area (Å²) in [7, 11) is 1.98. The molecule has 2 aromatic heterocycles. The smallest absolute Gasteiger partial charge is 0.252 e. The fraction of sp³-hybridized carbons (Fsp3) is 0.0476. The van der Waals surface area contributed by atoms with Gasteiger partial charge in [-0.15, -0.1) is 0 Å². The first-order valence-electron chi connectivity index (χ1n) is 8.32. The normalized spacial score (nSPS) is 11.0. The van der Waals surface area contributed by atoms with Gasteiger partial charge in [0, 0.05) is 24.3 Å². The van der Waals surface area contributed by atoms with E-state index in [1.165, 1.54) is 10.9 Å². The van der Waals surface area contributed by atoms with Crippen LogP contribution in [0.25, 0.3) is 33.5 Å². The van der Waals surface area contributed by atoms with E-state index < -0.39 is 16.9 Å². The molecule has 0 amide bonds. The molecule has 2 heterocycles. The Morgan fingerprint density at radius 3 is 2.70 bits per heavy atom. The van der Waals surface area contributed by atoms with E-state index in [2.05, 4.69) is 17.7 Å². The molecule has 0 saturated heterocycles. The van der Waals surface area contributed by atoms with Gasteiger partial charge in [-0.2, -0.15) is 5.10 Å². The van der Waals surface area contributed by atoms with Gasteiger partial charge in [-0.3, -0.25) is 4.79 Å². The molecular formula is C21H17N3O3. The standard InChI is InChI=1S/C21H17N3O3/c1-13(25)20-21(27)19(26)12-24(22-20)17-6-4-3-5-16(17)15-8-7-14-9-10-23(2)18(14)11-15/h3-12,25-26H,1H2,2H3. The lowest BCUT2D eigenvalue weighted by molar-refractivity contribution is 0.455. The largest absolute Gasteiger partial charge is 0.506 e. The van der Waals surface area contributed by atoms with Gasteiger partial charge in [0.25, 0.3) is 5.43 Å². The second-order valence-corrected chi connectivity index (χ2v) is 6.30. The summed E-state index contributed by atoms with van der Waals surface area (Å²) in [5, 5.41) is 24.9. The first-order valence-corrected chi connectivity index (χ1v) is 8.32. The molecule has 0 aliphatic carbocycles. The fourth-order valence-electron chi connectivity index (χ4n) is 3.14. The van der Waals surface area contributed by atoms with E-state index in [1.54, 1.807) is 0 Å². The third-order valence-corrected chi connectivity index (χ3v) is 4.52. The summed E-state index contributed by atoms with van der Waals surface area (Å²) < 4.78 is 3.41. The molecule has 0 fully saturated rings. The van der Waals surface area contributed by atoms with E-state index >= 15 is 0 Å². The highest BCUT2D eigenvalue weighted by Gasteiger charge is 2.14. The SMILES string of the molecule is C=C(O)c1nn(-c2ccccc2-c2ccc3ccn(C)c3c2)cc(O)c1=O. The van der Waals surface area contributed by atoms with Crippen LogP contribution in [0.1, 0.15) is 5.69 Å². The molecule has 2 N–H and O–H groups in total. The second-order valence-electron chi connectivity index (χ2n) is 6.30. The van der Waals surface area contributed by atoms with Crippen LogP contribution in [0.5, 0.6) is 5.75 Å². The quantitative estimate of drug-likeness (QED) is 0.548. The molecule has 134 valence electrons. The number of hydrogen-bond acceptors (Lipinski definition) is 4. The van der Waals surface area contributed by atoms with Crippen LogP contribution >= 0.6 is 0 Å². The van der Waals surface area contributed by atoms with Crippen molar-refractivity contribution in [2.45, 2.75) is 0 Å². The van der Waals surface area contributed by atoms with Crippen molar-refractivity contribution in [1.29, 1.82) is 0 Å². The molecule has 0 bridgehead atoms. The Morgan fingerprint density at radius 1 is 1.15 bits per heavy atom. The number of benzene rings is 2. The van der Waals surface area contributed by atoms with Gasteiger partial charge in [0.2, 0.25) is 0 Å². The van der Waals surface area contributed by atoms with E-state index in [-0.39, 0.29) is 5.69 Å². The van der Waals surface area contributed by atoms with E-state index in [9.17, 15) is 15.0 Å². The van der Waals surface area contributed by atoms with E-state index in [0.717, 1.165) is 22.0 Å². The summed E-state index contributed by atoms with van der Waals surface area (Å²) >= 11 is 0. The van der Waals surface area contributed by atoms with Crippen molar-refractivity contribution < 1.29 is 10.2 Å². The minimum atomic E-state index is -0.763. The Labute approximate surface area is 154 Å². The van der Waals surface area contributed by atoms with Gasteiger partial charge >= 0.3 is 0 Å². The zero-order chi connectivity index (χ0) is 19.1. The maximum atomic E-state index is 12.0. The number of nitrogens with zero attached hydrogens (tertiary/aromatic N) is 3. The van der Waals surface area contributed by atoms with Gasteiger partial charge in [-0.1, -0.05) is 36.9 Å². The third kappa shape index (κ3) is 2.77. The summed E-state index contributed by atoms with van der Waals surface area (Å²) in [6.07, 6.45) is 3.23. The monoisotopic (exact) mass is 359 g/mol. The van der Waals surface area contributed by atoms with E-state index in [4.69, 9.17) is 0 Å². The molecule has 0 aliphatic heterocycles. The number of para-hydroxylation sites is 1. The van der Waals surface area contributed by atoms with Gasteiger partial charge in [0.05, 0.1) is 11.9 Å². The van der Waals surface area contributed by atoms with Crippen LogP contribution in [0.3, 0.4) is 0 Å². The van der Waals surface area contributed by atoms with Crippen molar-refractivity contribution in [1.82, 2.24) is 14.3 Å². The predicted molar refractivity (Wildman–Crippen MR) is 105 cm³/mol. The lowest BCUT2D eigenvalue weighted by atomic mass is 10.0. The van der Waals surface area contributed by atoms with Crippen LogP contribution in [-0.4, -0.2) is 24.6 Å². The molecule has 4 rings (SSSR count). The van der Waals surface area contributed by atoms with Crippen LogP contribution in [0, 0.1) is 0 Å². The highest BCUT2D eigenvalue weighted by molar-refractivity contribution is 5.87. The van der Waals surface area contributed by atoms with Crippen LogP contribution in [0.15, 0.2) is 72.3 Å². The number of hydrogen-bond donors (Lipinski definition) is 2. The number of aliphatic hydroxyl groups is 1. The molecule has 6 nitrogen and oxygen atoms in total. The van der Waals surface area contributed by atoms with Crippen molar-refractivity contribution in [2.75, 3.05) is 0 Å². The summed E-state index contributed by atoms with van der Waals surface area (Å²) in [5.41, 5.74) is 2.52. The Balaban J connectivity index is 1.95. The number of fused-ring (bicyclic) bond motifs is 1. The molecule has 0 atom stereocenters. The van der Waals surface area contributed by atoms with Crippen LogP contribution in [-0.2, 0) is 7.05 Å². The van der Waals surface area contributed by atoms with Crippen molar-refractivity contribution in [3.8, 4) is 22.6 Å². The molecular weight excluding hydrogens is 342 g/mol. The zero-order valence-corrected chi connectivity index (χ0v) is 14.6. The van der Waals surface area contributed by atoms with Crippen molar-refractivity contribution in [3.05, 3.63) is 83.4 Å². The van der Waals surface area contributed by atoms with Gasteiger partial charge < -0.3 is 14.8 Å². The van der Waals surface area contributed by atoms with E-state index in [0.29, 0.717) is 5.69 Å². The Kier molecular flexibility index (Phi) is 3.81. The van der Waals surface area contributed by atoms with Crippen LogP contribution in [0.4, 0.5) is 0 Å². The highest BCUT2D eigenvalue weighted by Crippen LogP contribution is 2.29.